The van der Waals surface area contributed by atoms with E-state index in [-0.39, 0.29) is 22.8 Å². The van der Waals surface area contributed by atoms with Crippen molar-refractivity contribution in [3.8, 4) is 17.2 Å². The number of fused-ring (bicyclic) bond motifs is 1. The molecule has 1 heterocycles. The van der Waals surface area contributed by atoms with Crippen LogP contribution in [0.25, 0.3) is 0 Å². The molecule has 0 atom stereocenters. The summed E-state index contributed by atoms with van der Waals surface area (Å²) in [5.41, 5.74) is 7.08. The fourth-order valence-corrected chi connectivity index (χ4v) is 3.93. The molecule has 0 unspecified atom stereocenters. The molecule has 0 fully saturated rings. The smallest absolute Gasteiger partial charge is 0.340 e. The molecule has 1 aliphatic heterocycles. The molecule has 0 spiro atoms. The summed E-state index contributed by atoms with van der Waals surface area (Å²) in [4.78, 5) is 22.8. The molecule has 4 aromatic carbocycles. The molecule has 176 valence electrons. The van der Waals surface area contributed by atoms with Crippen molar-refractivity contribution in [1.82, 2.24) is 0 Å². The number of anilines is 1. The van der Waals surface area contributed by atoms with Crippen LogP contribution in [0.3, 0.4) is 0 Å². The van der Waals surface area contributed by atoms with E-state index in [1.54, 1.807) is 60.7 Å². The largest absolute Gasteiger partial charge is 0.508 e. The number of carboxylic acids is 1. The maximum atomic E-state index is 12.4. The number of rotatable bonds is 3. The maximum Gasteiger partial charge on any atom is 0.340 e. The average molecular weight is 471 g/mol. The molecule has 8 nitrogen and oxygen atoms in total. The lowest BCUT2D eigenvalue weighted by atomic mass is 9.80. The van der Waals surface area contributed by atoms with Crippen molar-refractivity contribution in [2.45, 2.75) is 5.60 Å². The summed E-state index contributed by atoms with van der Waals surface area (Å²) in [5.74, 6) is -1.60. The van der Waals surface area contributed by atoms with E-state index in [9.17, 15) is 19.8 Å². The van der Waals surface area contributed by atoms with Crippen LogP contribution in [0, 0.1) is 0 Å². The van der Waals surface area contributed by atoms with Crippen molar-refractivity contribution in [3.05, 3.63) is 119 Å². The van der Waals surface area contributed by atoms with E-state index in [1.807, 2.05) is 12.1 Å². The van der Waals surface area contributed by atoms with Crippen LogP contribution in [0.4, 0.5) is 5.69 Å². The van der Waals surface area contributed by atoms with Gasteiger partial charge in [-0.15, -0.1) is 0 Å². The molecule has 5 rings (SSSR count). The number of nitrogens with two attached hydrogens (primary N) is 1. The second kappa shape index (κ2) is 9.11. The van der Waals surface area contributed by atoms with Gasteiger partial charge in [-0.3, -0.25) is 0 Å². The number of carbonyl (C=O) groups excluding carboxylic acids is 1. The van der Waals surface area contributed by atoms with Crippen LogP contribution in [0.1, 0.15) is 37.4 Å². The number of carbonyl (C=O) groups is 2. The molecule has 0 aliphatic carbocycles. The first-order chi connectivity index (χ1) is 16.7. The summed E-state index contributed by atoms with van der Waals surface area (Å²) in [5, 5.41) is 36.7. The highest BCUT2D eigenvalue weighted by Crippen LogP contribution is 2.47. The molecule has 6 N–H and O–H groups in total. The zero-order valence-corrected chi connectivity index (χ0v) is 18.3. The number of aromatic hydroxyl groups is 3. The van der Waals surface area contributed by atoms with Crippen molar-refractivity contribution in [1.29, 1.82) is 0 Å². The predicted molar refractivity (Wildman–Crippen MR) is 127 cm³/mol. The van der Waals surface area contributed by atoms with Crippen LogP contribution < -0.4 is 5.73 Å². The van der Waals surface area contributed by atoms with Crippen molar-refractivity contribution in [2.24, 2.45) is 0 Å². The lowest BCUT2D eigenvalue weighted by Gasteiger charge is -2.30. The monoisotopic (exact) mass is 471 g/mol. The van der Waals surface area contributed by atoms with E-state index in [0.29, 0.717) is 11.3 Å². The third-order valence-electron chi connectivity index (χ3n) is 5.57. The van der Waals surface area contributed by atoms with E-state index in [4.69, 9.17) is 20.7 Å². The second-order valence-electron chi connectivity index (χ2n) is 7.79. The number of cyclic esters (lactones) is 1. The van der Waals surface area contributed by atoms with Gasteiger partial charge in [-0.05, 0) is 42.5 Å². The van der Waals surface area contributed by atoms with E-state index in [0.717, 1.165) is 16.7 Å². The number of ether oxygens (including phenoxy) is 1. The quantitative estimate of drug-likeness (QED) is 0.220. The van der Waals surface area contributed by atoms with Crippen LogP contribution in [-0.4, -0.2) is 32.4 Å². The number of aromatic carboxylic acids is 1. The van der Waals surface area contributed by atoms with Gasteiger partial charge in [-0.2, -0.15) is 0 Å². The van der Waals surface area contributed by atoms with Crippen LogP contribution in [0.15, 0.2) is 91.0 Å². The average Bonchev–Trinajstić information content (AvgIpc) is 3.14. The number of benzene rings is 4. The standard InChI is InChI=1S/C20H14O4.C7H7NO3/c21-15-9-5-13(6-10-15)20(14-7-11-16(22)12-8-14)18-4-2-1-3-17(18)19(23)24-20;8-4-1-2-5(7(10)11)6(9)3-4/h1-12,21-22H;1-3,9H,8H2,(H,10,11). The summed E-state index contributed by atoms with van der Waals surface area (Å²) in [6.07, 6.45) is 0. The lowest BCUT2D eigenvalue weighted by Crippen LogP contribution is -2.29. The maximum absolute atomic E-state index is 12.4. The number of esters is 1. The van der Waals surface area contributed by atoms with Gasteiger partial charge in [-0.1, -0.05) is 42.5 Å². The van der Waals surface area contributed by atoms with Crippen molar-refractivity contribution < 1.29 is 34.8 Å². The van der Waals surface area contributed by atoms with Crippen LogP contribution >= 0.6 is 0 Å². The molecule has 8 heteroatoms. The van der Waals surface area contributed by atoms with E-state index in [1.165, 1.54) is 18.2 Å². The Morgan fingerprint density at radius 3 is 1.83 bits per heavy atom. The van der Waals surface area contributed by atoms with Gasteiger partial charge in [0.1, 0.15) is 22.8 Å². The molecular weight excluding hydrogens is 450 g/mol. The summed E-state index contributed by atoms with van der Waals surface area (Å²) >= 11 is 0. The van der Waals surface area contributed by atoms with E-state index < -0.39 is 17.5 Å². The number of carboxylic acid groups (broad SMARTS) is 1. The first-order valence-corrected chi connectivity index (χ1v) is 10.5. The SMILES string of the molecule is Nc1ccc(C(=O)O)c(O)c1.O=C1OC(c2ccc(O)cc2)(c2ccc(O)cc2)c2ccccc21. The molecule has 0 saturated carbocycles. The zero-order valence-electron chi connectivity index (χ0n) is 18.3. The Labute approximate surface area is 200 Å². The van der Waals surface area contributed by atoms with Gasteiger partial charge in [-0.25, -0.2) is 9.59 Å². The molecule has 1 aliphatic rings. The van der Waals surface area contributed by atoms with Crippen LogP contribution in [-0.2, 0) is 10.3 Å². The fourth-order valence-electron chi connectivity index (χ4n) is 3.93. The molecule has 0 radical (unpaired) electrons. The van der Waals surface area contributed by atoms with Crippen molar-refractivity contribution >= 4 is 17.6 Å². The molecule has 4 aromatic rings. The number of phenols is 3. The molecule has 0 bridgehead atoms. The number of hydrogen-bond donors (Lipinski definition) is 5. The first-order valence-electron chi connectivity index (χ1n) is 10.5. The minimum absolute atomic E-state index is 0.136. The molecular formula is C27H21NO7. The Balaban J connectivity index is 0.000000221. The van der Waals surface area contributed by atoms with Crippen LogP contribution in [0.2, 0.25) is 0 Å². The highest BCUT2D eigenvalue weighted by molar-refractivity contribution is 5.96. The van der Waals surface area contributed by atoms with Gasteiger partial charge in [0.05, 0.1) is 5.56 Å². The molecule has 0 saturated heterocycles. The van der Waals surface area contributed by atoms with Crippen LogP contribution in [0.5, 0.6) is 17.2 Å². The summed E-state index contributed by atoms with van der Waals surface area (Å²) < 4.78 is 5.87. The first kappa shape index (κ1) is 23.2. The number of phenolic OH excluding ortho intramolecular Hbond substituents is 2. The van der Waals surface area contributed by atoms with Gasteiger partial charge in [0.15, 0.2) is 5.60 Å². The van der Waals surface area contributed by atoms with E-state index in [2.05, 4.69) is 0 Å². The highest BCUT2D eigenvalue weighted by Gasteiger charge is 2.48. The van der Waals surface area contributed by atoms with Gasteiger partial charge < -0.3 is 30.9 Å². The Kier molecular flexibility index (Phi) is 6.03. The summed E-state index contributed by atoms with van der Waals surface area (Å²) in [6, 6.07) is 24.3. The predicted octanol–water partition coefficient (Wildman–Crippen LogP) is 4.23. The molecule has 0 aromatic heterocycles. The van der Waals surface area contributed by atoms with Gasteiger partial charge in [0.2, 0.25) is 0 Å². The van der Waals surface area contributed by atoms with E-state index >= 15 is 0 Å². The Morgan fingerprint density at radius 1 is 0.771 bits per heavy atom. The lowest BCUT2D eigenvalue weighted by molar-refractivity contribution is 0.0251. The zero-order chi connectivity index (χ0) is 25.2. The van der Waals surface area contributed by atoms with Gasteiger partial charge in [0.25, 0.3) is 0 Å². The highest BCUT2D eigenvalue weighted by atomic mass is 16.6. The molecule has 0 amide bonds. The third kappa shape index (κ3) is 4.32. The Morgan fingerprint density at radius 2 is 1.31 bits per heavy atom. The summed E-state index contributed by atoms with van der Waals surface area (Å²) in [6.45, 7) is 0. The summed E-state index contributed by atoms with van der Waals surface area (Å²) in [7, 11) is 0. The van der Waals surface area contributed by atoms with Gasteiger partial charge >= 0.3 is 11.9 Å². The minimum atomic E-state index is -1.16. The number of hydrogen-bond acceptors (Lipinski definition) is 7. The Hall–Kier alpha value is -4.98. The topological polar surface area (TPSA) is 150 Å². The third-order valence-corrected chi connectivity index (χ3v) is 5.57. The fraction of sp³-hybridized carbons (Fsp3) is 0.0370. The van der Waals surface area contributed by atoms with Crippen molar-refractivity contribution in [3.63, 3.8) is 0 Å². The van der Waals surface area contributed by atoms with Crippen molar-refractivity contribution in [2.75, 3.05) is 5.73 Å². The minimum Gasteiger partial charge on any atom is -0.508 e. The number of nitrogen functional groups attached to an aromatic ring is 1. The molecule has 35 heavy (non-hydrogen) atoms. The van der Waals surface area contributed by atoms with Gasteiger partial charge in [0, 0.05) is 28.4 Å². The Bertz CT molecular complexity index is 1350. The normalized spacial score (nSPS) is 13.2. The second-order valence-corrected chi connectivity index (χ2v) is 7.79.